The van der Waals surface area contributed by atoms with Crippen molar-refractivity contribution in [3.05, 3.63) is 29.8 Å². The molecule has 26 heavy (non-hydrogen) atoms. The van der Waals surface area contributed by atoms with Gasteiger partial charge in [-0.25, -0.2) is 9.59 Å². The lowest BCUT2D eigenvalue weighted by Crippen LogP contribution is -2.47. The molecular formula is C19H27N3O4. The maximum absolute atomic E-state index is 12.6. The van der Waals surface area contributed by atoms with E-state index in [1.54, 1.807) is 36.1 Å². The van der Waals surface area contributed by atoms with Gasteiger partial charge >= 0.3 is 12.0 Å². The van der Waals surface area contributed by atoms with Crippen LogP contribution in [0.15, 0.2) is 24.3 Å². The molecule has 1 fully saturated rings. The highest BCUT2D eigenvalue weighted by atomic mass is 16.5. The normalized spacial score (nSPS) is 14.8. The summed E-state index contributed by atoms with van der Waals surface area (Å²) in [4.78, 5) is 38.3. The highest BCUT2D eigenvalue weighted by Gasteiger charge is 2.28. The van der Waals surface area contributed by atoms with E-state index in [4.69, 9.17) is 4.74 Å². The van der Waals surface area contributed by atoms with Crippen molar-refractivity contribution >= 4 is 23.6 Å². The average molecular weight is 361 g/mol. The van der Waals surface area contributed by atoms with E-state index in [-0.39, 0.29) is 30.5 Å². The Balaban J connectivity index is 1.94. The average Bonchev–Trinajstić information content (AvgIpc) is 2.62. The van der Waals surface area contributed by atoms with Crippen LogP contribution in [0.1, 0.15) is 44.0 Å². The summed E-state index contributed by atoms with van der Waals surface area (Å²) in [6, 6.07) is 6.81. The smallest absolute Gasteiger partial charge is 0.340 e. The second-order valence-electron chi connectivity index (χ2n) is 6.62. The molecule has 1 saturated heterocycles. The number of rotatable bonds is 5. The summed E-state index contributed by atoms with van der Waals surface area (Å²) < 4.78 is 5.03. The van der Waals surface area contributed by atoms with Crippen molar-refractivity contribution in [1.29, 1.82) is 0 Å². The van der Waals surface area contributed by atoms with Crippen molar-refractivity contribution in [1.82, 2.24) is 10.2 Å². The fraction of sp³-hybridized carbons (Fsp3) is 0.526. The van der Waals surface area contributed by atoms with Gasteiger partial charge in [0.15, 0.2) is 0 Å². The van der Waals surface area contributed by atoms with Crippen LogP contribution in [0, 0.1) is 5.92 Å². The minimum atomic E-state index is -0.455. The quantitative estimate of drug-likeness (QED) is 0.789. The lowest BCUT2D eigenvalue weighted by atomic mass is 9.96. The van der Waals surface area contributed by atoms with Crippen molar-refractivity contribution in [2.24, 2.45) is 5.92 Å². The number of nitrogens with zero attached hydrogens (tertiary/aromatic N) is 1. The summed E-state index contributed by atoms with van der Waals surface area (Å²) >= 11 is 0. The predicted molar refractivity (Wildman–Crippen MR) is 99.0 cm³/mol. The molecule has 0 radical (unpaired) electrons. The van der Waals surface area contributed by atoms with Crippen LogP contribution >= 0.6 is 0 Å². The van der Waals surface area contributed by atoms with E-state index in [1.807, 2.05) is 13.8 Å². The molecule has 0 aliphatic carbocycles. The number of urea groups is 1. The first kappa shape index (κ1) is 19.8. The van der Waals surface area contributed by atoms with E-state index < -0.39 is 5.97 Å². The summed E-state index contributed by atoms with van der Waals surface area (Å²) in [5, 5.41) is 5.70. The molecule has 1 aromatic rings. The van der Waals surface area contributed by atoms with Crippen LogP contribution in [0.3, 0.4) is 0 Å². The van der Waals surface area contributed by atoms with Crippen LogP contribution in [0.2, 0.25) is 0 Å². The van der Waals surface area contributed by atoms with Gasteiger partial charge in [0.05, 0.1) is 17.9 Å². The highest BCUT2D eigenvalue weighted by molar-refractivity contribution is 6.01. The second kappa shape index (κ2) is 9.22. The molecule has 0 spiro atoms. The second-order valence-corrected chi connectivity index (χ2v) is 6.62. The van der Waals surface area contributed by atoms with Crippen molar-refractivity contribution in [2.45, 2.75) is 39.7 Å². The Hall–Kier alpha value is -2.57. The molecular weight excluding hydrogens is 334 g/mol. The van der Waals surface area contributed by atoms with Crippen LogP contribution in [-0.2, 0) is 9.53 Å². The van der Waals surface area contributed by atoms with Crippen LogP contribution < -0.4 is 10.6 Å². The fourth-order valence-electron chi connectivity index (χ4n) is 2.90. The number of para-hydroxylation sites is 1. The van der Waals surface area contributed by atoms with E-state index in [1.165, 1.54) is 0 Å². The maximum atomic E-state index is 12.6. The molecule has 1 heterocycles. The Morgan fingerprint density at radius 3 is 2.46 bits per heavy atom. The Kier molecular flexibility index (Phi) is 7.00. The minimum absolute atomic E-state index is 0.0860. The van der Waals surface area contributed by atoms with Gasteiger partial charge in [-0.2, -0.15) is 0 Å². The first-order chi connectivity index (χ1) is 12.4. The van der Waals surface area contributed by atoms with Gasteiger partial charge in [-0.3, -0.25) is 4.79 Å². The van der Waals surface area contributed by atoms with Gasteiger partial charge in [-0.1, -0.05) is 12.1 Å². The molecule has 0 aromatic heterocycles. The molecule has 7 nitrogen and oxygen atoms in total. The Bertz CT molecular complexity index is 652. The number of piperidine rings is 1. The minimum Gasteiger partial charge on any atom is -0.462 e. The van der Waals surface area contributed by atoms with Gasteiger partial charge in [0.2, 0.25) is 5.91 Å². The van der Waals surface area contributed by atoms with Crippen LogP contribution in [0.25, 0.3) is 0 Å². The van der Waals surface area contributed by atoms with E-state index in [0.717, 1.165) is 0 Å². The van der Waals surface area contributed by atoms with E-state index in [2.05, 4.69) is 10.6 Å². The number of amides is 3. The molecule has 1 aromatic carbocycles. The monoisotopic (exact) mass is 361 g/mol. The number of hydrogen-bond acceptors (Lipinski definition) is 4. The zero-order valence-electron chi connectivity index (χ0n) is 15.6. The fourth-order valence-corrected chi connectivity index (χ4v) is 2.90. The number of anilines is 1. The number of benzene rings is 1. The molecule has 2 rings (SSSR count). The molecule has 2 N–H and O–H groups in total. The molecule has 1 aliphatic heterocycles. The van der Waals surface area contributed by atoms with Gasteiger partial charge < -0.3 is 20.3 Å². The molecule has 0 bridgehead atoms. The highest BCUT2D eigenvalue weighted by Crippen LogP contribution is 2.22. The predicted octanol–water partition coefficient (Wildman–Crippen LogP) is 2.63. The zero-order valence-corrected chi connectivity index (χ0v) is 15.6. The van der Waals surface area contributed by atoms with Gasteiger partial charge in [0, 0.05) is 25.0 Å². The lowest BCUT2D eigenvalue weighted by Gasteiger charge is -2.32. The number of carbonyl (C=O) groups excluding carboxylic acids is 3. The maximum Gasteiger partial charge on any atom is 0.340 e. The number of hydrogen-bond donors (Lipinski definition) is 2. The molecule has 3 amide bonds. The van der Waals surface area contributed by atoms with Crippen molar-refractivity contribution < 1.29 is 19.1 Å². The standard InChI is InChI=1S/C19H27N3O4/c1-4-26-18(24)15-7-5-6-8-16(15)21-17(23)14-9-11-22(12-10-14)19(25)20-13(2)3/h5-8,13-14H,4,9-12H2,1-3H3,(H,20,25)(H,21,23). The van der Waals surface area contributed by atoms with Gasteiger partial charge in [0.25, 0.3) is 0 Å². The van der Waals surface area contributed by atoms with Gasteiger partial charge in [0.1, 0.15) is 0 Å². The SMILES string of the molecule is CCOC(=O)c1ccccc1NC(=O)C1CCN(C(=O)NC(C)C)CC1. The Morgan fingerprint density at radius 1 is 1.19 bits per heavy atom. The Morgan fingerprint density at radius 2 is 1.85 bits per heavy atom. The third-order valence-electron chi connectivity index (χ3n) is 4.25. The summed E-state index contributed by atoms with van der Waals surface area (Å²) in [5.74, 6) is -0.775. The zero-order chi connectivity index (χ0) is 19.1. The molecule has 1 aliphatic rings. The van der Waals surface area contributed by atoms with Gasteiger partial charge in [-0.05, 0) is 45.7 Å². The van der Waals surface area contributed by atoms with Crippen molar-refractivity contribution in [2.75, 3.05) is 25.0 Å². The Labute approximate surface area is 154 Å². The van der Waals surface area contributed by atoms with Crippen LogP contribution in [0.4, 0.5) is 10.5 Å². The molecule has 142 valence electrons. The third-order valence-corrected chi connectivity index (χ3v) is 4.25. The summed E-state index contributed by atoms with van der Waals surface area (Å²) in [6.45, 7) is 6.92. The number of esters is 1. The summed E-state index contributed by atoms with van der Waals surface area (Å²) in [6.07, 6.45) is 1.19. The number of nitrogens with one attached hydrogen (secondary N) is 2. The summed E-state index contributed by atoms with van der Waals surface area (Å²) in [5.41, 5.74) is 0.798. The first-order valence-electron chi connectivity index (χ1n) is 9.04. The third kappa shape index (κ3) is 5.21. The molecule has 0 unspecified atom stereocenters. The molecule has 0 saturated carbocycles. The van der Waals surface area contributed by atoms with Crippen molar-refractivity contribution in [3.63, 3.8) is 0 Å². The largest absolute Gasteiger partial charge is 0.462 e. The number of ether oxygens (including phenoxy) is 1. The van der Waals surface area contributed by atoms with Crippen LogP contribution in [0.5, 0.6) is 0 Å². The van der Waals surface area contributed by atoms with Crippen molar-refractivity contribution in [3.8, 4) is 0 Å². The van der Waals surface area contributed by atoms with E-state index in [9.17, 15) is 14.4 Å². The van der Waals surface area contributed by atoms with Crippen LogP contribution in [-0.4, -0.2) is 48.5 Å². The number of carbonyl (C=O) groups is 3. The van der Waals surface area contributed by atoms with Gasteiger partial charge in [-0.15, -0.1) is 0 Å². The lowest BCUT2D eigenvalue weighted by molar-refractivity contribution is -0.121. The topological polar surface area (TPSA) is 87.7 Å². The van der Waals surface area contributed by atoms with E-state index in [0.29, 0.717) is 37.2 Å². The number of likely N-dealkylation sites (tertiary alicyclic amines) is 1. The van der Waals surface area contributed by atoms with E-state index >= 15 is 0 Å². The molecule has 7 heteroatoms. The summed E-state index contributed by atoms with van der Waals surface area (Å²) in [7, 11) is 0. The molecule has 0 atom stereocenters. The first-order valence-corrected chi connectivity index (χ1v) is 9.04.